The summed E-state index contributed by atoms with van der Waals surface area (Å²) in [5.74, 6) is 0.190. The number of hydrogen-bond donors (Lipinski definition) is 1. The topological polar surface area (TPSA) is 46.2 Å². The summed E-state index contributed by atoms with van der Waals surface area (Å²) < 4.78 is 11.6. The highest BCUT2D eigenvalue weighted by atomic mass is 32.2. The summed E-state index contributed by atoms with van der Waals surface area (Å²) in [6.45, 7) is 0. The fourth-order valence-electron chi connectivity index (χ4n) is 2.08. The van der Waals surface area contributed by atoms with E-state index in [1.165, 1.54) is 6.42 Å². The molecule has 0 radical (unpaired) electrons. The van der Waals surface area contributed by atoms with Crippen LogP contribution in [0.5, 0.6) is 0 Å². The Balaban J connectivity index is 2.18. The molecular weight excluding hydrogens is 174 g/mol. The molecular formula is C8H13NO2S. The van der Waals surface area contributed by atoms with Gasteiger partial charge in [0.2, 0.25) is 5.91 Å². The molecule has 3 nitrogen and oxygen atoms in total. The molecule has 1 heterocycles. The summed E-state index contributed by atoms with van der Waals surface area (Å²) in [5.41, 5.74) is 0. The molecule has 1 amide bonds. The van der Waals surface area contributed by atoms with Crippen LogP contribution in [0.25, 0.3) is 0 Å². The Morgan fingerprint density at radius 3 is 2.42 bits per heavy atom. The van der Waals surface area contributed by atoms with Gasteiger partial charge in [0.1, 0.15) is 10.6 Å². The first-order chi connectivity index (χ1) is 5.73. The maximum atomic E-state index is 11.6. The molecule has 0 aromatic rings. The minimum Gasteiger partial charge on any atom is -0.338 e. The predicted molar refractivity (Wildman–Crippen MR) is 47.0 cm³/mol. The summed E-state index contributed by atoms with van der Waals surface area (Å²) in [6, 6.07) is 0. The van der Waals surface area contributed by atoms with Crippen molar-refractivity contribution in [3.05, 3.63) is 0 Å². The van der Waals surface area contributed by atoms with Gasteiger partial charge in [-0.15, -0.1) is 0 Å². The van der Waals surface area contributed by atoms with Crippen molar-refractivity contribution in [1.82, 2.24) is 5.32 Å². The molecule has 1 saturated heterocycles. The highest BCUT2D eigenvalue weighted by molar-refractivity contribution is 7.87. The van der Waals surface area contributed by atoms with Crippen LogP contribution in [0.2, 0.25) is 0 Å². The second kappa shape index (κ2) is 2.83. The minimum atomic E-state index is -0.959. The molecule has 0 aromatic carbocycles. The Hall–Kier alpha value is -0.380. The van der Waals surface area contributed by atoms with E-state index in [-0.39, 0.29) is 16.5 Å². The second-order valence-corrected chi connectivity index (χ2v) is 5.35. The van der Waals surface area contributed by atoms with Crippen molar-refractivity contribution >= 4 is 16.7 Å². The SMILES string of the molecule is O=C1CS(=O)C2(CCCCC2)N1. The van der Waals surface area contributed by atoms with Crippen LogP contribution in [0.15, 0.2) is 0 Å². The number of rotatable bonds is 0. The van der Waals surface area contributed by atoms with Gasteiger partial charge in [-0.3, -0.25) is 9.00 Å². The molecule has 1 N–H and O–H groups in total. The van der Waals surface area contributed by atoms with Crippen LogP contribution in [-0.4, -0.2) is 20.7 Å². The van der Waals surface area contributed by atoms with Gasteiger partial charge in [-0.1, -0.05) is 19.3 Å². The van der Waals surface area contributed by atoms with E-state index in [4.69, 9.17) is 0 Å². The van der Waals surface area contributed by atoms with E-state index in [0.29, 0.717) is 0 Å². The molecule has 0 aromatic heterocycles. The molecule has 1 atom stereocenters. The Kier molecular flexibility index (Phi) is 1.94. The van der Waals surface area contributed by atoms with Crippen molar-refractivity contribution in [3.8, 4) is 0 Å². The zero-order valence-corrected chi connectivity index (χ0v) is 7.78. The molecule has 2 rings (SSSR count). The smallest absolute Gasteiger partial charge is 0.233 e. The fourth-order valence-corrected chi connectivity index (χ4v) is 3.64. The van der Waals surface area contributed by atoms with Crippen molar-refractivity contribution in [2.45, 2.75) is 37.0 Å². The van der Waals surface area contributed by atoms with Crippen LogP contribution in [0.4, 0.5) is 0 Å². The van der Waals surface area contributed by atoms with Crippen LogP contribution in [-0.2, 0) is 15.6 Å². The third-order valence-corrected chi connectivity index (χ3v) is 4.63. The molecule has 1 saturated carbocycles. The van der Waals surface area contributed by atoms with E-state index in [1.54, 1.807) is 0 Å². The molecule has 1 spiro atoms. The first kappa shape index (κ1) is 8.23. The van der Waals surface area contributed by atoms with Gasteiger partial charge in [0, 0.05) is 0 Å². The van der Waals surface area contributed by atoms with Gasteiger partial charge in [-0.2, -0.15) is 0 Å². The van der Waals surface area contributed by atoms with Crippen LogP contribution in [0.1, 0.15) is 32.1 Å². The molecule has 1 aliphatic carbocycles. The van der Waals surface area contributed by atoms with Crippen LogP contribution >= 0.6 is 0 Å². The molecule has 1 unspecified atom stereocenters. The predicted octanol–water partition coefficient (Wildman–Crippen LogP) is 0.525. The number of hydrogen-bond acceptors (Lipinski definition) is 2. The Bertz CT molecular complexity index is 233. The van der Waals surface area contributed by atoms with Gasteiger partial charge in [0.15, 0.2) is 0 Å². The van der Waals surface area contributed by atoms with E-state index < -0.39 is 10.8 Å². The molecule has 4 heteroatoms. The Labute approximate surface area is 74.4 Å². The average molecular weight is 187 g/mol. The number of carbonyl (C=O) groups is 1. The van der Waals surface area contributed by atoms with Gasteiger partial charge in [-0.25, -0.2) is 0 Å². The van der Waals surface area contributed by atoms with Gasteiger partial charge < -0.3 is 5.32 Å². The monoisotopic (exact) mass is 187 g/mol. The number of nitrogens with one attached hydrogen (secondary N) is 1. The van der Waals surface area contributed by atoms with E-state index in [1.807, 2.05) is 0 Å². The van der Waals surface area contributed by atoms with E-state index >= 15 is 0 Å². The standard InChI is InChI=1S/C8H13NO2S/c10-7-6-12(11)8(9-7)4-2-1-3-5-8/h1-6H2,(H,9,10). The third-order valence-electron chi connectivity index (χ3n) is 2.73. The quantitative estimate of drug-likeness (QED) is 0.601. The van der Waals surface area contributed by atoms with Crippen LogP contribution in [0.3, 0.4) is 0 Å². The molecule has 1 aliphatic heterocycles. The van der Waals surface area contributed by atoms with Crippen molar-refractivity contribution in [2.24, 2.45) is 0 Å². The van der Waals surface area contributed by atoms with Crippen LogP contribution < -0.4 is 5.32 Å². The largest absolute Gasteiger partial charge is 0.338 e. The lowest BCUT2D eigenvalue weighted by Gasteiger charge is -2.31. The number of amides is 1. The summed E-state index contributed by atoms with van der Waals surface area (Å²) in [6.07, 6.45) is 5.24. The van der Waals surface area contributed by atoms with Crippen molar-refractivity contribution in [3.63, 3.8) is 0 Å². The maximum Gasteiger partial charge on any atom is 0.233 e. The lowest BCUT2D eigenvalue weighted by molar-refractivity contribution is -0.118. The fraction of sp³-hybridized carbons (Fsp3) is 0.875. The maximum absolute atomic E-state index is 11.6. The van der Waals surface area contributed by atoms with Gasteiger partial charge >= 0.3 is 0 Å². The Morgan fingerprint density at radius 2 is 1.92 bits per heavy atom. The molecule has 2 aliphatic rings. The molecule has 68 valence electrons. The average Bonchev–Trinajstić information content (AvgIpc) is 2.29. The summed E-state index contributed by atoms with van der Waals surface area (Å²) in [7, 11) is -0.959. The zero-order valence-electron chi connectivity index (χ0n) is 6.97. The molecule has 2 fully saturated rings. The lowest BCUT2D eigenvalue weighted by atomic mass is 9.95. The van der Waals surface area contributed by atoms with Crippen molar-refractivity contribution < 1.29 is 9.00 Å². The van der Waals surface area contributed by atoms with E-state index in [2.05, 4.69) is 5.32 Å². The normalized spacial score (nSPS) is 33.7. The minimum absolute atomic E-state index is 0.0322. The lowest BCUT2D eigenvalue weighted by Crippen LogP contribution is -2.45. The second-order valence-electron chi connectivity index (χ2n) is 3.59. The summed E-state index contributed by atoms with van der Waals surface area (Å²) >= 11 is 0. The number of carbonyl (C=O) groups excluding carboxylic acids is 1. The third kappa shape index (κ3) is 1.18. The van der Waals surface area contributed by atoms with Crippen molar-refractivity contribution in [1.29, 1.82) is 0 Å². The molecule has 0 bridgehead atoms. The highest BCUT2D eigenvalue weighted by Gasteiger charge is 2.44. The molecule has 12 heavy (non-hydrogen) atoms. The van der Waals surface area contributed by atoms with Gasteiger partial charge in [0.25, 0.3) is 0 Å². The highest BCUT2D eigenvalue weighted by Crippen LogP contribution is 2.33. The Morgan fingerprint density at radius 1 is 1.25 bits per heavy atom. The zero-order chi connectivity index (χ0) is 8.60. The van der Waals surface area contributed by atoms with Gasteiger partial charge in [-0.05, 0) is 12.8 Å². The first-order valence-corrected chi connectivity index (χ1v) is 5.74. The first-order valence-electron chi connectivity index (χ1n) is 4.42. The van der Waals surface area contributed by atoms with Crippen molar-refractivity contribution in [2.75, 3.05) is 5.75 Å². The summed E-state index contributed by atoms with van der Waals surface area (Å²) in [4.78, 5) is 10.7. The van der Waals surface area contributed by atoms with Gasteiger partial charge in [0.05, 0.1) is 10.8 Å². The van der Waals surface area contributed by atoms with E-state index in [9.17, 15) is 9.00 Å². The van der Waals surface area contributed by atoms with E-state index in [0.717, 1.165) is 25.7 Å². The van der Waals surface area contributed by atoms with Crippen LogP contribution in [0, 0.1) is 0 Å². The summed E-state index contributed by atoms with van der Waals surface area (Å²) in [5, 5.41) is 2.88.